The minimum Gasteiger partial charge on any atom is -0.353 e. The molecule has 1 saturated heterocycles. The van der Waals surface area contributed by atoms with Crippen molar-refractivity contribution in [3.8, 4) is 5.69 Å². The number of amides is 1. The quantitative estimate of drug-likeness (QED) is 0.755. The highest BCUT2D eigenvalue weighted by Crippen LogP contribution is 2.29. The molecule has 1 aromatic carbocycles. The number of hydrogen-bond donors (Lipinski definition) is 1. The molecule has 1 amide bonds. The first-order valence-electron chi connectivity index (χ1n) is 10.3. The van der Waals surface area contributed by atoms with E-state index in [0.717, 1.165) is 6.42 Å². The van der Waals surface area contributed by atoms with Gasteiger partial charge in [0.2, 0.25) is 15.9 Å². The lowest BCUT2D eigenvalue weighted by molar-refractivity contribution is -0.126. The molecule has 164 valence electrons. The van der Waals surface area contributed by atoms with Crippen LogP contribution in [0, 0.1) is 25.6 Å². The number of halogens is 1. The summed E-state index contributed by atoms with van der Waals surface area (Å²) in [4.78, 5) is 12.5. The van der Waals surface area contributed by atoms with Gasteiger partial charge in [-0.2, -0.15) is 9.40 Å². The number of hydrogen-bond acceptors (Lipinski definition) is 4. The van der Waals surface area contributed by atoms with Crippen molar-refractivity contribution < 1.29 is 17.6 Å². The molecule has 9 heteroatoms. The Morgan fingerprint density at radius 1 is 1.23 bits per heavy atom. The molecular formula is C21H29FN4O3S. The van der Waals surface area contributed by atoms with E-state index in [9.17, 15) is 17.6 Å². The highest BCUT2D eigenvalue weighted by Gasteiger charge is 2.35. The maximum atomic E-state index is 13.3. The summed E-state index contributed by atoms with van der Waals surface area (Å²) in [5, 5.41) is 7.36. The first-order chi connectivity index (χ1) is 14.1. The number of carbonyl (C=O) groups excluding carboxylic acids is 1. The molecule has 1 atom stereocenters. The highest BCUT2D eigenvalue weighted by molar-refractivity contribution is 7.89. The van der Waals surface area contributed by atoms with Gasteiger partial charge in [-0.15, -0.1) is 0 Å². The molecule has 0 bridgehead atoms. The molecule has 3 rings (SSSR count). The molecular weight excluding hydrogens is 407 g/mol. The molecule has 0 aliphatic carbocycles. The van der Waals surface area contributed by atoms with E-state index in [-0.39, 0.29) is 28.6 Å². The molecule has 0 saturated carbocycles. The maximum Gasteiger partial charge on any atom is 0.246 e. The van der Waals surface area contributed by atoms with E-state index < -0.39 is 10.0 Å². The minimum atomic E-state index is -3.75. The second-order valence-corrected chi connectivity index (χ2v) is 9.76. The molecule has 0 spiro atoms. The Balaban J connectivity index is 1.78. The van der Waals surface area contributed by atoms with Crippen LogP contribution < -0.4 is 5.32 Å². The van der Waals surface area contributed by atoms with Gasteiger partial charge in [0.25, 0.3) is 0 Å². The second kappa shape index (κ2) is 8.85. The van der Waals surface area contributed by atoms with Crippen molar-refractivity contribution in [1.82, 2.24) is 19.4 Å². The van der Waals surface area contributed by atoms with Gasteiger partial charge in [0.05, 0.1) is 17.1 Å². The number of piperidine rings is 1. The summed E-state index contributed by atoms with van der Waals surface area (Å²) in [5.74, 6) is -0.541. The Kier molecular flexibility index (Phi) is 6.62. The lowest BCUT2D eigenvalue weighted by Gasteiger charge is -2.31. The second-order valence-electron chi connectivity index (χ2n) is 7.88. The Bertz CT molecular complexity index is 1010. The molecule has 1 fully saturated rings. The largest absolute Gasteiger partial charge is 0.353 e. The van der Waals surface area contributed by atoms with E-state index in [2.05, 4.69) is 10.4 Å². The fourth-order valence-electron chi connectivity index (χ4n) is 3.79. The van der Waals surface area contributed by atoms with Crippen LogP contribution in [0.4, 0.5) is 4.39 Å². The van der Waals surface area contributed by atoms with Crippen LogP contribution in [-0.4, -0.2) is 47.5 Å². The van der Waals surface area contributed by atoms with Gasteiger partial charge in [-0.25, -0.2) is 17.5 Å². The van der Waals surface area contributed by atoms with Gasteiger partial charge in [-0.05, 0) is 64.3 Å². The van der Waals surface area contributed by atoms with Gasteiger partial charge in [0.15, 0.2) is 0 Å². The van der Waals surface area contributed by atoms with Crippen molar-refractivity contribution in [3.05, 3.63) is 41.5 Å². The fraction of sp³-hybridized carbons (Fsp3) is 0.524. The third kappa shape index (κ3) is 4.41. The summed E-state index contributed by atoms with van der Waals surface area (Å²) in [7, 11) is -3.75. The van der Waals surface area contributed by atoms with E-state index in [4.69, 9.17) is 0 Å². The number of nitrogens with zero attached hydrogens (tertiary/aromatic N) is 3. The first-order valence-corrected chi connectivity index (χ1v) is 11.7. The third-order valence-electron chi connectivity index (χ3n) is 5.72. The van der Waals surface area contributed by atoms with E-state index in [1.54, 1.807) is 26.0 Å². The van der Waals surface area contributed by atoms with Gasteiger partial charge < -0.3 is 5.32 Å². The number of nitrogens with one attached hydrogen (secondary N) is 1. The number of sulfonamides is 1. The van der Waals surface area contributed by atoms with E-state index >= 15 is 0 Å². The average molecular weight is 437 g/mol. The molecule has 7 nitrogen and oxygen atoms in total. The number of carbonyl (C=O) groups is 1. The zero-order chi connectivity index (χ0) is 22.1. The number of rotatable bonds is 6. The summed E-state index contributed by atoms with van der Waals surface area (Å²) in [6, 6.07) is 5.87. The summed E-state index contributed by atoms with van der Waals surface area (Å²) in [6.07, 6.45) is 1.84. The van der Waals surface area contributed by atoms with Crippen LogP contribution in [0.15, 0.2) is 29.2 Å². The Labute approximate surface area is 177 Å². The van der Waals surface area contributed by atoms with Gasteiger partial charge in [0.1, 0.15) is 10.7 Å². The zero-order valence-electron chi connectivity index (χ0n) is 17.9. The van der Waals surface area contributed by atoms with Crippen LogP contribution in [0.5, 0.6) is 0 Å². The van der Waals surface area contributed by atoms with E-state index in [0.29, 0.717) is 43.0 Å². The fourth-order valence-corrected chi connectivity index (χ4v) is 5.61. The molecule has 2 aromatic rings. The van der Waals surface area contributed by atoms with Gasteiger partial charge in [-0.1, -0.05) is 6.92 Å². The Morgan fingerprint density at radius 2 is 1.83 bits per heavy atom. The molecule has 30 heavy (non-hydrogen) atoms. The predicted molar refractivity (Wildman–Crippen MR) is 112 cm³/mol. The summed E-state index contributed by atoms with van der Waals surface area (Å²) >= 11 is 0. The van der Waals surface area contributed by atoms with Crippen LogP contribution >= 0.6 is 0 Å². The highest BCUT2D eigenvalue weighted by atomic mass is 32.2. The van der Waals surface area contributed by atoms with Crippen molar-refractivity contribution in [2.45, 2.75) is 57.9 Å². The Morgan fingerprint density at radius 3 is 2.40 bits per heavy atom. The summed E-state index contributed by atoms with van der Waals surface area (Å²) < 4.78 is 42.9. The van der Waals surface area contributed by atoms with E-state index in [1.807, 2.05) is 13.8 Å². The average Bonchev–Trinajstić information content (AvgIpc) is 3.03. The molecule has 2 heterocycles. The van der Waals surface area contributed by atoms with Crippen molar-refractivity contribution >= 4 is 15.9 Å². The van der Waals surface area contributed by atoms with E-state index in [1.165, 1.54) is 21.1 Å². The normalized spacial score (nSPS) is 17.1. The SMILES string of the molecule is CCC(C)NC(=O)C1CCN(S(=O)(=O)c2c(C)nn(-c3ccc(F)cc3)c2C)CC1. The van der Waals surface area contributed by atoms with Gasteiger partial charge in [0, 0.05) is 25.0 Å². The molecule has 0 radical (unpaired) electrons. The summed E-state index contributed by atoms with van der Waals surface area (Å²) in [5.41, 5.74) is 1.48. The van der Waals surface area contributed by atoms with Crippen LogP contribution in [0.1, 0.15) is 44.5 Å². The lowest BCUT2D eigenvalue weighted by Crippen LogP contribution is -2.44. The molecule has 1 aliphatic rings. The Hall–Kier alpha value is -2.26. The number of aromatic nitrogens is 2. The van der Waals surface area contributed by atoms with Crippen molar-refractivity contribution in [1.29, 1.82) is 0 Å². The van der Waals surface area contributed by atoms with Gasteiger partial charge in [-0.3, -0.25) is 4.79 Å². The molecule has 1 aromatic heterocycles. The minimum absolute atomic E-state index is 0.00196. The topological polar surface area (TPSA) is 84.3 Å². The van der Waals surface area contributed by atoms with Crippen molar-refractivity contribution in [2.24, 2.45) is 5.92 Å². The van der Waals surface area contributed by atoms with Crippen LogP contribution in [0.3, 0.4) is 0 Å². The lowest BCUT2D eigenvalue weighted by atomic mass is 9.97. The molecule has 1 aliphatic heterocycles. The number of benzene rings is 1. The standard InChI is InChI=1S/C21H29FN4O3S/c1-5-14(2)23-21(27)17-10-12-25(13-11-17)30(28,29)20-15(3)24-26(16(20)4)19-8-6-18(22)7-9-19/h6-9,14,17H,5,10-13H2,1-4H3,(H,23,27). The third-order valence-corrected chi connectivity index (χ3v) is 7.87. The smallest absolute Gasteiger partial charge is 0.246 e. The summed E-state index contributed by atoms with van der Waals surface area (Å²) in [6.45, 7) is 7.91. The first kappa shape index (κ1) is 22.4. The molecule has 1 N–H and O–H groups in total. The van der Waals surface area contributed by atoms with Crippen molar-refractivity contribution in [2.75, 3.05) is 13.1 Å². The molecule has 1 unspecified atom stereocenters. The number of aryl methyl sites for hydroxylation is 1. The van der Waals surface area contributed by atoms with Crippen molar-refractivity contribution in [3.63, 3.8) is 0 Å². The monoisotopic (exact) mass is 436 g/mol. The zero-order valence-corrected chi connectivity index (χ0v) is 18.7. The van der Waals surface area contributed by atoms with Gasteiger partial charge >= 0.3 is 0 Å². The van der Waals surface area contributed by atoms with Crippen LogP contribution in [-0.2, 0) is 14.8 Å². The predicted octanol–water partition coefficient (Wildman–Crippen LogP) is 2.94. The maximum absolute atomic E-state index is 13.3. The van der Waals surface area contributed by atoms with Crippen LogP contribution in [0.2, 0.25) is 0 Å². The van der Waals surface area contributed by atoms with Crippen LogP contribution in [0.25, 0.3) is 5.69 Å².